The predicted octanol–water partition coefficient (Wildman–Crippen LogP) is 13.1. The van der Waals surface area contributed by atoms with Gasteiger partial charge in [-0.05, 0) is 95.6 Å². The van der Waals surface area contributed by atoms with Crippen molar-refractivity contribution in [1.82, 2.24) is 0 Å². The molecule has 9 aromatic carbocycles. The molecule has 0 radical (unpaired) electrons. The summed E-state index contributed by atoms with van der Waals surface area (Å²) in [6, 6.07) is -24.7. The smallest absolute Gasteiger partial charge is 0.143 e. The first kappa shape index (κ1) is 11.2. The fourth-order valence-corrected chi connectivity index (χ4v) is 6.10. The van der Waals surface area contributed by atoms with Crippen molar-refractivity contribution in [1.29, 1.82) is 0 Å². The third-order valence-corrected chi connectivity index (χ3v) is 8.10. The number of hydrogen-bond acceptors (Lipinski definition) is 1. The van der Waals surface area contributed by atoms with E-state index in [1.165, 1.54) is 0 Å². The molecule has 0 aliphatic heterocycles. The zero-order valence-corrected chi connectivity index (χ0v) is 24.1. The highest BCUT2D eigenvalue weighted by atomic mass is 16.3. The molecule has 0 unspecified atom stereocenters. The lowest BCUT2D eigenvalue weighted by Crippen LogP contribution is -1.97. The maximum Gasteiger partial charge on any atom is 0.143 e. The minimum Gasteiger partial charge on any atom is -0.455 e. The van der Waals surface area contributed by atoms with Crippen molar-refractivity contribution in [3.63, 3.8) is 0 Å². The third-order valence-electron chi connectivity index (χ3n) is 8.10. The van der Waals surface area contributed by atoms with Crippen molar-refractivity contribution in [3.8, 4) is 22.3 Å². The van der Waals surface area contributed by atoms with E-state index in [-0.39, 0.29) is 0 Å². The van der Waals surface area contributed by atoms with E-state index in [0.29, 0.717) is 0 Å². The van der Waals surface area contributed by atoms with Crippen molar-refractivity contribution in [2.24, 2.45) is 0 Å². The quantitative estimate of drug-likeness (QED) is 0.175. The summed E-state index contributed by atoms with van der Waals surface area (Å²) < 4.78 is 258. The summed E-state index contributed by atoms with van der Waals surface area (Å²) in [5, 5.41) is -5.64. The fourth-order valence-electron chi connectivity index (χ4n) is 6.10. The second-order valence-corrected chi connectivity index (χ2v) is 10.6. The van der Waals surface area contributed by atoms with E-state index >= 15 is 0 Å². The molecule has 0 saturated heterocycles. The number of rotatable bonds is 4. The third kappa shape index (κ3) is 4.11. The molecule has 0 N–H and O–H groups in total. The standard InChI is InChI=1S/C47H30O/c1-2-13-30(14-3-1)33-27-32-16-5-6-17-35(32)34(28-33)29-43-37-19-8-10-21-39(37)45(40-22-11-9-20-38(40)43)41-23-12-24-44-46(41)42-26-25-31-15-4-7-18-36(31)47(42)48-44/h1-28H,29H2/i1D,2D,3D,4D,5D,6D,7D,8D,9D,10D,11D,12D,13D,14D,15D,16D,17D,18D,19D,20D,21D,22D,23D,24D,25D,26D,27D,28D. The van der Waals surface area contributed by atoms with Crippen LogP contribution in [0.5, 0.6) is 0 Å². The van der Waals surface area contributed by atoms with Crippen LogP contribution in [0.3, 0.4) is 0 Å². The zero-order chi connectivity index (χ0) is 56.0. The van der Waals surface area contributed by atoms with Crippen molar-refractivity contribution in [2.75, 3.05) is 0 Å². The van der Waals surface area contributed by atoms with E-state index in [9.17, 15) is 11.0 Å². The summed E-state index contributed by atoms with van der Waals surface area (Å²) in [7, 11) is 0. The minimum absolute atomic E-state index is 0.450. The average Bonchev–Trinajstić information content (AvgIpc) is 3.85. The highest BCUT2D eigenvalue weighted by Gasteiger charge is 2.21. The van der Waals surface area contributed by atoms with Gasteiger partial charge in [0.25, 0.3) is 0 Å². The van der Waals surface area contributed by atoms with Gasteiger partial charge in [0.15, 0.2) is 0 Å². The molecule has 48 heavy (non-hydrogen) atoms. The molecule has 1 nitrogen and oxygen atoms in total. The second-order valence-electron chi connectivity index (χ2n) is 10.6. The normalized spacial score (nSPS) is 20.0. The molecule has 224 valence electrons. The van der Waals surface area contributed by atoms with Gasteiger partial charge in [0.2, 0.25) is 0 Å². The molecule has 0 aliphatic rings. The van der Waals surface area contributed by atoms with Gasteiger partial charge in [-0.3, -0.25) is 0 Å². The molecule has 0 amide bonds. The first-order chi connectivity index (χ1) is 35.5. The van der Waals surface area contributed by atoms with E-state index in [1.807, 2.05) is 0 Å². The lowest BCUT2D eigenvalue weighted by molar-refractivity contribution is 0.673. The summed E-state index contributed by atoms with van der Waals surface area (Å²) in [6.07, 6.45) is -0.992. The molecule has 0 spiro atoms. The molecular weight excluding hydrogens is 581 g/mol. The monoisotopic (exact) mass is 638 g/mol. The predicted molar refractivity (Wildman–Crippen MR) is 204 cm³/mol. The molecular formula is C47H30O. The highest BCUT2D eigenvalue weighted by Crippen LogP contribution is 2.46. The van der Waals surface area contributed by atoms with E-state index in [2.05, 4.69) is 0 Å². The van der Waals surface area contributed by atoms with Gasteiger partial charge in [0.05, 0.1) is 38.4 Å². The zero-order valence-electron chi connectivity index (χ0n) is 52.1. The molecule has 0 aliphatic carbocycles. The summed E-state index contributed by atoms with van der Waals surface area (Å²) in [4.78, 5) is 0. The van der Waals surface area contributed by atoms with Gasteiger partial charge in [-0.2, -0.15) is 0 Å². The second kappa shape index (κ2) is 10.7. The first-order valence-corrected chi connectivity index (χ1v) is 14.4. The Hall–Kier alpha value is -6.18. The van der Waals surface area contributed by atoms with Crippen LogP contribution in [-0.2, 0) is 6.42 Å². The van der Waals surface area contributed by atoms with Crippen molar-refractivity contribution in [2.45, 2.75) is 6.42 Å². The molecule has 10 rings (SSSR count). The van der Waals surface area contributed by atoms with Gasteiger partial charge in [-0.15, -0.1) is 0 Å². The van der Waals surface area contributed by atoms with Crippen LogP contribution in [0.2, 0.25) is 0 Å². The van der Waals surface area contributed by atoms with E-state index in [0.717, 1.165) is 0 Å². The Kier molecular flexibility index (Phi) is 2.50. The molecule has 0 bridgehead atoms. The Bertz CT molecular complexity index is 4350. The van der Waals surface area contributed by atoms with Crippen LogP contribution in [0.25, 0.3) is 87.3 Å². The average molecular weight is 639 g/mol. The molecule has 1 heteroatoms. The van der Waals surface area contributed by atoms with Crippen molar-refractivity contribution >= 4 is 65.0 Å². The van der Waals surface area contributed by atoms with E-state index < -0.39 is 274 Å². The summed E-state index contributed by atoms with van der Waals surface area (Å²) in [6.45, 7) is 0. The van der Waals surface area contributed by atoms with E-state index in [4.69, 9.17) is 31.8 Å². The topological polar surface area (TPSA) is 13.1 Å². The number of fused-ring (bicyclic) bond motifs is 8. The molecule has 1 aromatic heterocycles. The fraction of sp³-hybridized carbons (Fsp3) is 0.0213. The molecule has 0 saturated carbocycles. The minimum atomic E-state index is -0.992. The Morgan fingerprint density at radius 2 is 1.06 bits per heavy atom. The largest absolute Gasteiger partial charge is 0.455 e. The van der Waals surface area contributed by atoms with Crippen LogP contribution in [0.4, 0.5) is 0 Å². The lowest BCUT2D eigenvalue weighted by atomic mass is 9.84. The van der Waals surface area contributed by atoms with Gasteiger partial charge in [0, 0.05) is 16.2 Å². The summed E-state index contributed by atoms with van der Waals surface area (Å²) in [5.41, 5.74) is -4.95. The molecule has 10 aromatic rings. The molecule has 1 heterocycles. The number of furan rings is 1. The summed E-state index contributed by atoms with van der Waals surface area (Å²) >= 11 is 0. The van der Waals surface area contributed by atoms with Gasteiger partial charge < -0.3 is 4.42 Å². The molecule has 0 fully saturated rings. The van der Waals surface area contributed by atoms with Crippen LogP contribution < -0.4 is 0 Å². The molecule has 0 atom stereocenters. The van der Waals surface area contributed by atoms with Gasteiger partial charge in [-0.1, -0.05) is 151 Å². The van der Waals surface area contributed by atoms with Crippen LogP contribution >= 0.6 is 0 Å². The van der Waals surface area contributed by atoms with Crippen LogP contribution in [-0.4, -0.2) is 0 Å². The Balaban J connectivity index is 1.50. The number of benzene rings is 9. The lowest BCUT2D eigenvalue weighted by Gasteiger charge is -2.19. The van der Waals surface area contributed by atoms with Gasteiger partial charge in [0.1, 0.15) is 11.2 Å². The first-order valence-electron chi connectivity index (χ1n) is 28.4. The maximum atomic E-state index is 9.78. The SMILES string of the molecule is [2H]c1c([2H])c([2H])c(-c2c([2H])c(Cc3c4c([2H])c([2H])c([2H])c([2H])c4c(-c4c([2H])c([2H])c([2H])c5oc6c7c([2H])c([2H])c([2H])c([2H])c7c([2H])c([2H])c6c45)c4c([2H])c([2H])c([2H])c([2H])c34)c3c([2H])c([2H])c([2H])c([2H])c3c2[2H])c([2H])c1[2H]. The van der Waals surface area contributed by atoms with Crippen molar-refractivity contribution < 1.29 is 42.8 Å². The van der Waals surface area contributed by atoms with Gasteiger partial charge >= 0.3 is 0 Å². The van der Waals surface area contributed by atoms with Crippen LogP contribution in [0, 0.1) is 0 Å². The highest BCUT2D eigenvalue weighted by molar-refractivity contribution is 6.24. The van der Waals surface area contributed by atoms with Crippen LogP contribution in [0.1, 0.15) is 49.5 Å². The van der Waals surface area contributed by atoms with E-state index in [1.54, 1.807) is 0 Å². The Labute approximate surface area is 317 Å². The summed E-state index contributed by atoms with van der Waals surface area (Å²) in [5.74, 6) is 0. The van der Waals surface area contributed by atoms with Crippen molar-refractivity contribution in [3.05, 3.63) is 180 Å². The Morgan fingerprint density at radius 1 is 0.438 bits per heavy atom. The number of hydrogen-bond donors (Lipinski definition) is 0. The maximum absolute atomic E-state index is 9.78. The van der Waals surface area contributed by atoms with Gasteiger partial charge in [-0.25, -0.2) is 0 Å². The Morgan fingerprint density at radius 3 is 1.81 bits per heavy atom. The van der Waals surface area contributed by atoms with Crippen LogP contribution in [0.15, 0.2) is 174 Å².